The summed E-state index contributed by atoms with van der Waals surface area (Å²) >= 11 is 0. The summed E-state index contributed by atoms with van der Waals surface area (Å²) in [7, 11) is 0. The van der Waals surface area contributed by atoms with Crippen LogP contribution in [-0.4, -0.2) is 40.8 Å². The molecule has 4 N–H and O–H groups in total. The first-order valence-corrected chi connectivity index (χ1v) is 4.36. The number of hydrogen-bond acceptors (Lipinski definition) is 3. The van der Waals surface area contributed by atoms with Gasteiger partial charge in [0.15, 0.2) is 0 Å². The summed E-state index contributed by atoms with van der Waals surface area (Å²) in [5.41, 5.74) is 0. The van der Waals surface area contributed by atoms with Gasteiger partial charge in [0, 0.05) is 0 Å². The number of amides is 2. The van der Waals surface area contributed by atoms with Gasteiger partial charge in [0.25, 0.3) is 0 Å². The van der Waals surface area contributed by atoms with Gasteiger partial charge in [-0.2, -0.15) is 0 Å². The van der Waals surface area contributed by atoms with Crippen molar-refractivity contribution in [2.24, 2.45) is 0 Å². The summed E-state index contributed by atoms with van der Waals surface area (Å²) in [5, 5.41) is 21.3. The third-order valence-corrected chi connectivity index (χ3v) is 1.50. The molecule has 1 atom stereocenters. The number of carbonyl (C=O) groups is 3. The molecule has 0 aliphatic carbocycles. The highest BCUT2D eigenvalue weighted by molar-refractivity contribution is 5.86. The highest BCUT2D eigenvalue weighted by Crippen LogP contribution is 1.92. The Morgan fingerprint density at radius 1 is 1.31 bits per heavy atom. The molecule has 0 aliphatic heterocycles. The molecule has 0 unspecified atom stereocenters. The van der Waals surface area contributed by atoms with Crippen LogP contribution in [0.5, 0.6) is 0 Å². The van der Waals surface area contributed by atoms with Crippen LogP contribution in [-0.2, 0) is 9.59 Å². The van der Waals surface area contributed by atoms with Crippen LogP contribution in [0.3, 0.4) is 0 Å². The number of carbonyl (C=O) groups excluding carboxylic acids is 1. The number of carboxylic acids is 2. The third-order valence-electron chi connectivity index (χ3n) is 1.50. The summed E-state index contributed by atoms with van der Waals surface area (Å²) in [4.78, 5) is 31.9. The predicted octanol–water partition coefficient (Wildman–Crippen LogP) is -0.763. The van der Waals surface area contributed by atoms with E-state index in [0.29, 0.717) is 0 Å². The van der Waals surface area contributed by atoms with Crippen LogP contribution in [0, 0.1) is 11.8 Å². The van der Waals surface area contributed by atoms with Crippen molar-refractivity contribution in [3.63, 3.8) is 0 Å². The molecule has 88 valence electrons. The van der Waals surface area contributed by atoms with Crippen LogP contribution in [0.15, 0.2) is 0 Å². The lowest BCUT2D eigenvalue weighted by Crippen LogP contribution is -2.47. The first kappa shape index (κ1) is 13.8. The Balaban J connectivity index is 4.16. The van der Waals surface area contributed by atoms with Gasteiger partial charge >= 0.3 is 18.0 Å². The molecular formula is C9H12N2O5. The molecule has 7 heteroatoms. The van der Waals surface area contributed by atoms with Crippen molar-refractivity contribution < 1.29 is 24.6 Å². The van der Waals surface area contributed by atoms with Gasteiger partial charge in [-0.15, -0.1) is 5.92 Å². The molecule has 0 bridgehead atoms. The number of carboxylic acid groups (broad SMARTS) is 2. The van der Waals surface area contributed by atoms with E-state index < -0.39 is 30.4 Å². The molecule has 16 heavy (non-hydrogen) atoms. The fraction of sp³-hybridized carbons (Fsp3) is 0.444. The smallest absolute Gasteiger partial charge is 0.326 e. The molecule has 0 heterocycles. The lowest BCUT2D eigenvalue weighted by Gasteiger charge is -2.11. The molecule has 0 saturated carbocycles. The second-order valence-electron chi connectivity index (χ2n) is 2.74. The minimum Gasteiger partial charge on any atom is -0.481 e. The first-order valence-electron chi connectivity index (χ1n) is 4.36. The summed E-state index contributed by atoms with van der Waals surface area (Å²) in [5.74, 6) is 2.36. The van der Waals surface area contributed by atoms with E-state index in [0.717, 1.165) is 0 Å². The highest BCUT2D eigenvalue weighted by Gasteiger charge is 2.22. The normalized spacial score (nSPS) is 10.6. The van der Waals surface area contributed by atoms with Crippen molar-refractivity contribution in [3.8, 4) is 11.8 Å². The molecule has 0 radical (unpaired) electrons. The van der Waals surface area contributed by atoms with E-state index in [9.17, 15) is 14.4 Å². The zero-order chi connectivity index (χ0) is 12.6. The van der Waals surface area contributed by atoms with E-state index in [4.69, 9.17) is 10.2 Å². The number of aliphatic carboxylic acids is 2. The van der Waals surface area contributed by atoms with Gasteiger partial charge < -0.3 is 20.8 Å². The standard InChI is InChI=1S/C9H12N2O5/c1-2-3-4-10-9(16)11-6(8(14)15)5-7(12)13/h6H,4-5H2,1H3,(H,12,13)(H,14,15)(H2,10,11,16)/t6-/m1/s1. The molecule has 0 aromatic rings. The monoisotopic (exact) mass is 228 g/mol. The Hall–Kier alpha value is -2.23. The lowest BCUT2D eigenvalue weighted by atomic mass is 10.2. The maximum atomic E-state index is 11.1. The molecule has 0 spiro atoms. The molecule has 0 fully saturated rings. The quantitative estimate of drug-likeness (QED) is 0.461. The molecule has 0 saturated heterocycles. The molecule has 0 aliphatic rings. The number of rotatable bonds is 5. The summed E-state index contributed by atoms with van der Waals surface area (Å²) in [6, 6.07) is -2.22. The minimum atomic E-state index is -1.45. The van der Waals surface area contributed by atoms with Gasteiger partial charge in [-0.1, -0.05) is 5.92 Å². The molecule has 7 nitrogen and oxygen atoms in total. The lowest BCUT2D eigenvalue weighted by molar-refractivity contribution is -0.145. The average Bonchev–Trinajstić information content (AvgIpc) is 2.16. The SMILES string of the molecule is CC#CCNC(=O)N[C@H](CC(=O)O)C(=O)O. The van der Waals surface area contributed by atoms with Crippen LogP contribution in [0.25, 0.3) is 0 Å². The van der Waals surface area contributed by atoms with Gasteiger partial charge in [0.2, 0.25) is 0 Å². The molecular weight excluding hydrogens is 216 g/mol. The Bertz CT molecular complexity index is 342. The fourth-order valence-electron chi connectivity index (χ4n) is 0.797. The topological polar surface area (TPSA) is 116 Å². The van der Waals surface area contributed by atoms with Crippen LogP contribution in [0.4, 0.5) is 4.79 Å². The highest BCUT2D eigenvalue weighted by atomic mass is 16.4. The second kappa shape index (κ2) is 7.11. The van der Waals surface area contributed by atoms with E-state index in [1.165, 1.54) is 0 Å². The summed E-state index contributed by atoms with van der Waals surface area (Å²) in [6.07, 6.45) is -0.678. The zero-order valence-electron chi connectivity index (χ0n) is 8.61. The van der Waals surface area contributed by atoms with E-state index in [1.54, 1.807) is 6.92 Å². The summed E-state index contributed by atoms with van der Waals surface area (Å²) < 4.78 is 0. The largest absolute Gasteiger partial charge is 0.481 e. The number of nitrogens with one attached hydrogen (secondary N) is 2. The van der Waals surface area contributed by atoms with Crippen LogP contribution < -0.4 is 10.6 Å². The predicted molar refractivity (Wildman–Crippen MR) is 53.7 cm³/mol. The van der Waals surface area contributed by atoms with E-state index in [2.05, 4.69) is 17.2 Å². The Kier molecular flexibility index (Phi) is 6.12. The Labute approximate surface area is 91.8 Å². The van der Waals surface area contributed by atoms with Crippen LogP contribution >= 0.6 is 0 Å². The van der Waals surface area contributed by atoms with Gasteiger partial charge in [-0.05, 0) is 6.92 Å². The molecule has 2 amide bonds. The third kappa shape index (κ3) is 6.26. The average molecular weight is 228 g/mol. The van der Waals surface area contributed by atoms with Crippen molar-refractivity contribution in [1.29, 1.82) is 0 Å². The minimum absolute atomic E-state index is 0.0712. The maximum absolute atomic E-state index is 11.1. The zero-order valence-corrected chi connectivity index (χ0v) is 8.61. The van der Waals surface area contributed by atoms with Gasteiger partial charge in [0.1, 0.15) is 6.04 Å². The van der Waals surface area contributed by atoms with Crippen molar-refractivity contribution in [2.45, 2.75) is 19.4 Å². The van der Waals surface area contributed by atoms with E-state index >= 15 is 0 Å². The van der Waals surface area contributed by atoms with Gasteiger partial charge in [0.05, 0.1) is 13.0 Å². The van der Waals surface area contributed by atoms with Crippen molar-refractivity contribution in [1.82, 2.24) is 10.6 Å². The van der Waals surface area contributed by atoms with E-state index in [1.807, 2.05) is 5.32 Å². The number of hydrogen-bond donors (Lipinski definition) is 4. The molecule has 0 aromatic carbocycles. The van der Waals surface area contributed by atoms with Crippen LogP contribution in [0.2, 0.25) is 0 Å². The van der Waals surface area contributed by atoms with Crippen molar-refractivity contribution >= 4 is 18.0 Å². The molecule has 0 aromatic heterocycles. The first-order chi connectivity index (χ1) is 7.47. The summed E-state index contributed by atoms with van der Waals surface area (Å²) in [6.45, 7) is 1.66. The van der Waals surface area contributed by atoms with Crippen LogP contribution in [0.1, 0.15) is 13.3 Å². The fourth-order valence-corrected chi connectivity index (χ4v) is 0.797. The molecule has 0 rings (SSSR count). The Morgan fingerprint density at radius 3 is 2.38 bits per heavy atom. The second-order valence-corrected chi connectivity index (χ2v) is 2.74. The number of urea groups is 1. The van der Waals surface area contributed by atoms with Crippen molar-refractivity contribution in [3.05, 3.63) is 0 Å². The maximum Gasteiger partial charge on any atom is 0.326 e. The Morgan fingerprint density at radius 2 is 1.94 bits per heavy atom. The van der Waals surface area contributed by atoms with Gasteiger partial charge in [-0.3, -0.25) is 4.79 Å². The van der Waals surface area contributed by atoms with Crippen molar-refractivity contribution in [2.75, 3.05) is 6.54 Å². The van der Waals surface area contributed by atoms with E-state index in [-0.39, 0.29) is 6.54 Å². The van der Waals surface area contributed by atoms with Gasteiger partial charge in [-0.25, -0.2) is 9.59 Å².